The maximum absolute atomic E-state index is 3.51. The number of unbranched alkanes of at least 4 members (excludes halogenated alkanes) is 2. The SMILES string of the molecule is CC(C)CNCCCCCN(C)C(C)C(C)(C)C. The van der Waals surface area contributed by atoms with E-state index in [2.05, 4.69) is 58.8 Å². The summed E-state index contributed by atoms with van der Waals surface area (Å²) in [5, 5.41) is 3.51. The van der Waals surface area contributed by atoms with Crippen LogP contribution < -0.4 is 5.32 Å². The van der Waals surface area contributed by atoms with E-state index in [0.717, 1.165) is 12.5 Å². The molecule has 0 aromatic carbocycles. The monoisotopic (exact) mass is 256 g/mol. The van der Waals surface area contributed by atoms with Gasteiger partial charge in [0, 0.05) is 6.04 Å². The third kappa shape index (κ3) is 8.93. The Balaban J connectivity index is 3.49. The zero-order chi connectivity index (χ0) is 14.2. The van der Waals surface area contributed by atoms with Crippen molar-refractivity contribution in [2.24, 2.45) is 11.3 Å². The van der Waals surface area contributed by atoms with Crippen LogP contribution in [0.3, 0.4) is 0 Å². The van der Waals surface area contributed by atoms with E-state index in [4.69, 9.17) is 0 Å². The van der Waals surface area contributed by atoms with Crippen LogP contribution in [0.2, 0.25) is 0 Å². The quantitative estimate of drug-likeness (QED) is 0.632. The zero-order valence-electron chi connectivity index (χ0n) is 13.8. The fourth-order valence-electron chi connectivity index (χ4n) is 2.03. The lowest BCUT2D eigenvalue weighted by atomic mass is 9.87. The highest BCUT2D eigenvalue weighted by Gasteiger charge is 2.23. The first kappa shape index (κ1) is 17.9. The molecule has 110 valence electrons. The smallest absolute Gasteiger partial charge is 0.0112 e. The minimum absolute atomic E-state index is 0.383. The lowest BCUT2D eigenvalue weighted by molar-refractivity contribution is 0.139. The van der Waals surface area contributed by atoms with E-state index in [1.54, 1.807) is 0 Å². The molecule has 1 atom stereocenters. The van der Waals surface area contributed by atoms with Gasteiger partial charge in [-0.3, -0.25) is 0 Å². The predicted octanol–water partition coefficient (Wildman–Crippen LogP) is 3.77. The van der Waals surface area contributed by atoms with Crippen LogP contribution in [0, 0.1) is 11.3 Å². The first-order chi connectivity index (χ1) is 8.25. The average Bonchev–Trinajstić information content (AvgIpc) is 2.24. The van der Waals surface area contributed by atoms with Crippen molar-refractivity contribution in [1.82, 2.24) is 10.2 Å². The maximum atomic E-state index is 3.51. The molecule has 18 heavy (non-hydrogen) atoms. The second-order valence-corrected chi connectivity index (χ2v) is 7.18. The van der Waals surface area contributed by atoms with E-state index < -0.39 is 0 Å². The minimum Gasteiger partial charge on any atom is -0.316 e. The predicted molar refractivity (Wildman–Crippen MR) is 83.1 cm³/mol. The van der Waals surface area contributed by atoms with Gasteiger partial charge in [0.15, 0.2) is 0 Å². The zero-order valence-corrected chi connectivity index (χ0v) is 13.8. The normalized spacial score (nSPS) is 14.5. The molecule has 0 aromatic heterocycles. The summed E-state index contributed by atoms with van der Waals surface area (Å²) in [6.45, 7) is 17.4. The van der Waals surface area contributed by atoms with Crippen LogP contribution in [0.1, 0.15) is 60.8 Å². The third-order valence-electron chi connectivity index (χ3n) is 3.83. The molecule has 2 nitrogen and oxygen atoms in total. The van der Waals surface area contributed by atoms with Crippen molar-refractivity contribution in [2.75, 3.05) is 26.7 Å². The Labute approximate surface area is 116 Å². The van der Waals surface area contributed by atoms with Gasteiger partial charge in [0.1, 0.15) is 0 Å². The average molecular weight is 256 g/mol. The molecule has 0 radical (unpaired) electrons. The molecule has 0 saturated heterocycles. The van der Waals surface area contributed by atoms with E-state index in [9.17, 15) is 0 Å². The highest BCUT2D eigenvalue weighted by atomic mass is 15.1. The molecule has 0 aliphatic heterocycles. The molecule has 0 heterocycles. The lowest BCUT2D eigenvalue weighted by Crippen LogP contribution is -2.39. The second kappa shape index (κ2) is 8.92. The number of rotatable bonds is 9. The van der Waals surface area contributed by atoms with E-state index in [1.807, 2.05) is 0 Å². The highest BCUT2D eigenvalue weighted by Crippen LogP contribution is 2.23. The first-order valence-electron chi connectivity index (χ1n) is 7.66. The fraction of sp³-hybridized carbons (Fsp3) is 1.00. The highest BCUT2D eigenvalue weighted by molar-refractivity contribution is 4.77. The summed E-state index contributed by atoms with van der Waals surface area (Å²) < 4.78 is 0. The number of nitrogens with one attached hydrogen (secondary N) is 1. The molecule has 0 aromatic rings. The van der Waals surface area contributed by atoms with Gasteiger partial charge < -0.3 is 10.2 Å². The molecule has 0 spiro atoms. The van der Waals surface area contributed by atoms with Crippen LogP contribution in [-0.4, -0.2) is 37.6 Å². The summed E-state index contributed by atoms with van der Waals surface area (Å²) in [5.41, 5.74) is 0.383. The number of nitrogens with zero attached hydrogens (tertiary/aromatic N) is 1. The molecular formula is C16H36N2. The molecular weight excluding hydrogens is 220 g/mol. The van der Waals surface area contributed by atoms with Crippen LogP contribution in [0.15, 0.2) is 0 Å². The molecule has 2 heteroatoms. The van der Waals surface area contributed by atoms with Crippen molar-refractivity contribution in [3.63, 3.8) is 0 Å². The standard InChI is InChI=1S/C16H36N2/c1-14(2)13-17-11-9-8-10-12-18(7)15(3)16(4,5)6/h14-15,17H,8-13H2,1-7H3. The summed E-state index contributed by atoms with van der Waals surface area (Å²) in [5.74, 6) is 0.767. The summed E-state index contributed by atoms with van der Waals surface area (Å²) in [4.78, 5) is 2.50. The second-order valence-electron chi connectivity index (χ2n) is 7.18. The molecule has 0 amide bonds. The van der Waals surface area contributed by atoms with Crippen molar-refractivity contribution in [2.45, 2.75) is 66.8 Å². The van der Waals surface area contributed by atoms with Gasteiger partial charge in [0.25, 0.3) is 0 Å². The molecule has 0 aliphatic rings. The first-order valence-corrected chi connectivity index (χ1v) is 7.66. The van der Waals surface area contributed by atoms with Crippen molar-refractivity contribution < 1.29 is 0 Å². The Kier molecular flexibility index (Phi) is 8.89. The van der Waals surface area contributed by atoms with Gasteiger partial charge in [-0.25, -0.2) is 0 Å². The lowest BCUT2D eigenvalue weighted by Gasteiger charge is -2.35. The van der Waals surface area contributed by atoms with Crippen molar-refractivity contribution in [1.29, 1.82) is 0 Å². The molecule has 0 bridgehead atoms. The summed E-state index contributed by atoms with van der Waals surface area (Å²) in [6.07, 6.45) is 3.97. The van der Waals surface area contributed by atoms with Gasteiger partial charge in [0.2, 0.25) is 0 Å². The fourth-order valence-corrected chi connectivity index (χ4v) is 2.03. The van der Waals surface area contributed by atoms with Crippen molar-refractivity contribution >= 4 is 0 Å². The molecule has 1 unspecified atom stereocenters. The number of hydrogen-bond acceptors (Lipinski definition) is 2. The van der Waals surface area contributed by atoms with Crippen molar-refractivity contribution in [3.05, 3.63) is 0 Å². The summed E-state index contributed by atoms with van der Waals surface area (Å²) >= 11 is 0. The van der Waals surface area contributed by atoms with E-state index in [0.29, 0.717) is 11.5 Å². The van der Waals surface area contributed by atoms with E-state index >= 15 is 0 Å². The minimum atomic E-state index is 0.383. The van der Waals surface area contributed by atoms with Crippen LogP contribution in [0.5, 0.6) is 0 Å². The molecule has 0 saturated carbocycles. The summed E-state index contributed by atoms with van der Waals surface area (Å²) in [7, 11) is 2.26. The Morgan fingerprint density at radius 2 is 1.61 bits per heavy atom. The van der Waals surface area contributed by atoms with Gasteiger partial charge in [-0.15, -0.1) is 0 Å². The van der Waals surface area contributed by atoms with Crippen LogP contribution in [0.25, 0.3) is 0 Å². The molecule has 0 fully saturated rings. The topological polar surface area (TPSA) is 15.3 Å². The van der Waals surface area contributed by atoms with E-state index in [1.165, 1.54) is 32.4 Å². The van der Waals surface area contributed by atoms with Crippen LogP contribution in [-0.2, 0) is 0 Å². The van der Waals surface area contributed by atoms with Crippen molar-refractivity contribution in [3.8, 4) is 0 Å². The van der Waals surface area contributed by atoms with Crippen LogP contribution in [0.4, 0.5) is 0 Å². The van der Waals surface area contributed by atoms with E-state index in [-0.39, 0.29) is 0 Å². The van der Waals surface area contributed by atoms with Gasteiger partial charge in [-0.2, -0.15) is 0 Å². The molecule has 1 N–H and O–H groups in total. The maximum Gasteiger partial charge on any atom is 0.0112 e. The largest absolute Gasteiger partial charge is 0.316 e. The van der Waals surface area contributed by atoms with Gasteiger partial charge >= 0.3 is 0 Å². The van der Waals surface area contributed by atoms with Gasteiger partial charge in [0.05, 0.1) is 0 Å². The number of hydrogen-bond donors (Lipinski definition) is 1. The third-order valence-corrected chi connectivity index (χ3v) is 3.83. The Morgan fingerprint density at radius 3 is 2.11 bits per heavy atom. The van der Waals surface area contributed by atoms with Gasteiger partial charge in [-0.05, 0) is 57.8 Å². The Hall–Kier alpha value is -0.0800. The molecule has 0 rings (SSSR count). The molecule has 0 aliphatic carbocycles. The Morgan fingerprint density at radius 1 is 1.00 bits per heavy atom. The van der Waals surface area contributed by atoms with Gasteiger partial charge in [-0.1, -0.05) is 41.0 Å². The van der Waals surface area contributed by atoms with Crippen LogP contribution >= 0.6 is 0 Å². The Bertz CT molecular complexity index is 194. The summed E-state index contributed by atoms with van der Waals surface area (Å²) in [6, 6.07) is 0.650.